The zero-order chi connectivity index (χ0) is 14.0. The number of carboxylic acid groups (broad SMARTS) is 1. The molecule has 0 aliphatic heterocycles. The van der Waals surface area contributed by atoms with Crippen LogP contribution in [0.25, 0.3) is 0 Å². The molecule has 1 heterocycles. The van der Waals surface area contributed by atoms with E-state index in [1.165, 1.54) is 18.3 Å². The Balaban J connectivity index is 2.09. The van der Waals surface area contributed by atoms with Gasteiger partial charge in [0.2, 0.25) is 5.91 Å². The summed E-state index contributed by atoms with van der Waals surface area (Å²) in [6.07, 6.45) is 3.90. The standard InChI is InChI=1S/C13H17N3O3/c1-13(6-2-3-10(13)14)12(19)16-8-4-5-9(11(17)18)15-7-8/h4-5,7,10H,2-3,6,14H2,1H3,(H,16,19)(H,17,18). The minimum atomic E-state index is -1.09. The number of hydrogen-bond acceptors (Lipinski definition) is 4. The number of anilines is 1. The first-order chi connectivity index (χ1) is 8.93. The molecular formula is C13H17N3O3. The van der Waals surface area contributed by atoms with Crippen LogP contribution in [0.4, 0.5) is 5.69 Å². The number of hydrogen-bond donors (Lipinski definition) is 3. The maximum absolute atomic E-state index is 12.2. The Morgan fingerprint density at radius 2 is 2.26 bits per heavy atom. The van der Waals surface area contributed by atoms with E-state index in [2.05, 4.69) is 10.3 Å². The van der Waals surface area contributed by atoms with Crippen LogP contribution in [0.2, 0.25) is 0 Å². The summed E-state index contributed by atoms with van der Waals surface area (Å²) >= 11 is 0. The summed E-state index contributed by atoms with van der Waals surface area (Å²) in [5, 5.41) is 11.5. The highest BCUT2D eigenvalue weighted by Gasteiger charge is 2.42. The predicted octanol–water partition coefficient (Wildman–Crippen LogP) is 1.24. The fourth-order valence-corrected chi connectivity index (χ4v) is 2.34. The molecule has 1 aliphatic rings. The van der Waals surface area contributed by atoms with Gasteiger partial charge >= 0.3 is 5.97 Å². The van der Waals surface area contributed by atoms with Crippen LogP contribution in [0.15, 0.2) is 18.3 Å². The van der Waals surface area contributed by atoms with E-state index in [9.17, 15) is 9.59 Å². The number of aromatic nitrogens is 1. The van der Waals surface area contributed by atoms with Gasteiger partial charge in [0, 0.05) is 6.04 Å². The van der Waals surface area contributed by atoms with Crippen LogP contribution in [-0.4, -0.2) is 28.0 Å². The molecule has 4 N–H and O–H groups in total. The number of nitrogens with zero attached hydrogens (tertiary/aromatic N) is 1. The molecular weight excluding hydrogens is 246 g/mol. The van der Waals surface area contributed by atoms with Crippen LogP contribution in [0.1, 0.15) is 36.7 Å². The van der Waals surface area contributed by atoms with Crippen molar-refractivity contribution in [2.24, 2.45) is 11.1 Å². The molecule has 0 saturated heterocycles. The Morgan fingerprint density at radius 3 is 2.74 bits per heavy atom. The zero-order valence-electron chi connectivity index (χ0n) is 10.7. The van der Waals surface area contributed by atoms with E-state index < -0.39 is 11.4 Å². The summed E-state index contributed by atoms with van der Waals surface area (Å²) in [6.45, 7) is 1.86. The average Bonchev–Trinajstić information content (AvgIpc) is 2.71. The van der Waals surface area contributed by atoms with Gasteiger partial charge in [0.25, 0.3) is 0 Å². The van der Waals surface area contributed by atoms with Gasteiger partial charge in [-0.15, -0.1) is 0 Å². The number of pyridine rings is 1. The van der Waals surface area contributed by atoms with Gasteiger partial charge in [0.15, 0.2) is 0 Å². The molecule has 1 aliphatic carbocycles. The molecule has 0 spiro atoms. The van der Waals surface area contributed by atoms with Crippen molar-refractivity contribution in [1.29, 1.82) is 0 Å². The van der Waals surface area contributed by atoms with Crippen LogP contribution in [0.5, 0.6) is 0 Å². The third-order valence-electron chi connectivity index (χ3n) is 3.79. The summed E-state index contributed by atoms with van der Waals surface area (Å²) in [4.78, 5) is 26.7. The van der Waals surface area contributed by atoms with Gasteiger partial charge in [-0.1, -0.05) is 6.42 Å². The molecule has 1 aromatic heterocycles. The largest absolute Gasteiger partial charge is 0.477 e. The SMILES string of the molecule is CC1(C(=O)Nc2ccc(C(=O)O)nc2)CCCC1N. The number of aromatic carboxylic acids is 1. The highest BCUT2D eigenvalue weighted by Crippen LogP contribution is 2.37. The van der Waals surface area contributed by atoms with Crippen LogP contribution in [0, 0.1) is 5.41 Å². The summed E-state index contributed by atoms with van der Waals surface area (Å²) in [7, 11) is 0. The van der Waals surface area contributed by atoms with E-state index in [0.717, 1.165) is 19.3 Å². The highest BCUT2D eigenvalue weighted by atomic mass is 16.4. The first-order valence-electron chi connectivity index (χ1n) is 6.20. The lowest BCUT2D eigenvalue weighted by Gasteiger charge is -2.27. The maximum atomic E-state index is 12.2. The lowest BCUT2D eigenvalue weighted by atomic mass is 9.84. The van der Waals surface area contributed by atoms with Crippen molar-refractivity contribution in [2.45, 2.75) is 32.2 Å². The fourth-order valence-electron chi connectivity index (χ4n) is 2.34. The third kappa shape index (κ3) is 2.58. The van der Waals surface area contributed by atoms with Crippen molar-refractivity contribution >= 4 is 17.6 Å². The van der Waals surface area contributed by atoms with E-state index in [-0.39, 0.29) is 17.6 Å². The maximum Gasteiger partial charge on any atom is 0.354 e. The van der Waals surface area contributed by atoms with Gasteiger partial charge in [-0.05, 0) is 31.9 Å². The molecule has 19 heavy (non-hydrogen) atoms. The Morgan fingerprint density at radius 1 is 1.53 bits per heavy atom. The van der Waals surface area contributed by atoms with Crippen LogP contribution in [0.3, 0.4) is 0 Å². The van der Waals surface area contributed by atoms with E-state index in [0.29, 0.717) is 5.69 Å². The Hall–Kier alpha value is -1.95. The minimum absolute atomic E-state index is 0.0539. The molecule has 1 saturated carbocycles. The van der Waals surface area contributed by atoms with Gasteiger partial charge in [-0.25, -0.2) is 9.78 Å². The fraction of sp³-hybridized carbons (Fsp3) is 0.462. The van der Waals surface area contributed by atoms with Crippen LogP contribution in [-0.2, 0) is 4.79 Å². The molecule has 2 rings (SSSR count). The average molecular weight is 263 g/mol. The minimum Gasteiger partial charge on any atom is -0.477 e. The highest BCUT2D eigenvalue weighted by molar-refractivity contribution is 5.96. The Kier molecular flexibility index (Phi) is 3.53. The molecule has 0 aromatic carbocycles. The van der Waals surface area contributed by atoms with Gasteiger partial charge in [0.1, 0.15) is 5.69 Å². The molecule has 2 atom stereocenters. The smallest absolute Gasteiger partial charge is 0.354 e. The van der Waals surface area contributed by atoms with Crippen molar-refractivity contribution in [3.05, 3.63) is 24.0 Å². The second kappa shape index (κ2) is 4.97. The number of nitrogens with one attached hydrogen (secondary N) is 1. The molecule has 102 valence electrons. The molecule has 0 radical (unpaired) electrons. The first kappa shape index (κ1) is 13.5. The van der Waals surface area contributed by atoms with Gasteiger partial charge in [-0.2, -0.15) is 0 Å². The van der Waals surface area contributed by atoms with Crippen molar-refractivity contribution in [3.8, 4) is 0 Å². The second-order valence-electron chi connectivity index (χ2n) is 5.11. The molecule has 1 amide bonds. The number of carboxylic acids is 1. The third-order valence-corrected chi connectivity index (χ3v) is 3.79. The molecule has 6 nitrogen and oxygen atoms in total. The molecule has 1 aromatic rings. The number of carbonyl (C=O) groups is 2. The summed E-state index contributed by atoms with van der Waals surface area (Å²) in [5.41, 5.74) is 5.84. The van der Waals surface area contributed by atoms with Gasteiger partial charge < -0.3 is 16.2 Å². The normalized spacial score (nSPS) is 26.1. The monoisotopic (exact) mass is 263 g/mol. The summed E-state index contributed by atoms with van der Waals surface area (Å²) < 4.78 is 0. The van der Waals surface area contributed by atoms with Crippen LogP contribution < -0.4 is 11.1 Å². The number of rotatable bonds is 3. The molecule has 0 bridgehead atoms. The first-order valence-corrected chi connectivity index (χ1v) is 6.20. The van der Waals surface area contributed by atoms with Crippen molar-refractivity contribution in [2.75, 3.05) is 5.32 Å². The Labute approximate surface area is 111 Å². The van der Waals surface area contributed by atoms with E-state index in [1.54, 1.807) is 0 Å². The lowest BCUT2D eigenvalue weighted by Crippen LogP contribution is -2.44. The zero-order valence-corrected chi connectivity index (χ0v) is 10.7. The quantitative estimate of drug-likeness (QED) is 0.760. The second-order valence-corrected chi connectivity index (χ2v) is 5.11. The lowest BCUT2D eigenvalue weighted by molar-refractivity contribution is -0.125. The summed E-state index contributed by atoms with van der Waals surface area (Å²) in [6, 6.07) is 2.74. The van der Waals surface area contributed by atoms with Crippen LogP contribution >= 0.6 is 0 Å². The topological polar surface area (TPSA) is 105 Å². The van der Waals surface area contributed by atoms with Gasteiger partial charge in [-0.3, -0.25) is 4.79 Å². The van der Waals surface area contributed by atoms with E-state index in [4.69, 9.17) is 10.8 Å². The van der Waals surface area contributed by atoms with Crippen molar-refractivity contribution in [1.82, 2.24) is 4.98 Å². The molecule has 2 unspecified atom stereocenters. The molecule has 6 heteroatoms. The van der Waals surface area contributed by atoms with E-state index in [1.807, 2.05) is 6.92 Å². The predicted molar refractivity (Wildman–Crippen MR) is 69.8 cm³/mol. The Bertz CT molecular complexity index is 500. The molecule has 1 fully saturated rings. The van der Waals surface area contributed by atoms with Crippen molar-refractivity contribution in [3.63, 3.8) is 0 Å². The van der Waals surface area contributed by atoms with E-state index >= 15 is 0 Å². The number of amides is 1. The summed E-state index contributed by atoms with van der Waals surface area (Å²) in [5.74, 6) is -1.23. The number of carbonyl (C=O) groups excluding carboxylic acids is 1. The number of nitrogens with two attached hydrogens (primary N) is 1. The van der Waals surface area contributed by atoms with Gasteiger partial charge in [0.05, 0.1) is 17.3 Å². The van der Waals surface area contributed by atoms with Crippen molar-refractivity contribution < 1.29 is 14.7 Å².